The van der Waals surface area contributed by atoms with Crippen molar-refractivity contribution >= 4 is 15.9 Å². The third kappa shape index (κ3) is 1.59. The van der Waals surface area contributed by atoms with E-state index in [-0.39, 0.29) is 5.92 Å². The number of fused-ring (bicyclic) bond motifs is 1. The molecule has 0 N–H and O–H groups in total. The zero-order valence-corrected chi connectivity index (χ0v) is 8.71. The molecule has 2 rings (SSSR count). The fourth-order valence-corrected chi connectivity index (χ4v) is 2.11. The summed E-state index contributed by atoms with van der Waals surface area (Å²) >= 11 is 3.38. The Kier molecular flexibility index (Phi) is 2.32. The molecule has 2 nitrogen and oxygen atoms in total. The molecule has 0 saturated carbocycles. The predicted octanol–water partition coefficient (Wildman–Crippen LogP) is 2.79. The van der Waals surface area contributed by atoms with Crippen LogP contribution in [0, 0.1) is 11.3 Å². The average Bonchev–Trinajstić information content (AvgIpc) is 2.17. The van der Waals surface area contributed by atoms with Crippen molar-refractivity contribution in [2.24, 2.45) is 0 Å². The summed E-state index contributed by atoms with van der Waals surface area (Å²) in [5.41, 5.74) is 2.21. The van der Waals surface area contributed by atoms with Crippen LogP contribution in [0.25, 0.3) is 0 Å². The highest BCUT2D eigenvalue weighted by Crippen LogP contribution is 2.31. The number of rotatable bonds is 0. The van der Waals surface area contributed by atoms with Gasteiger partial charge < -0.3 is 0 Å². The molecular weight excluding hydrogens is 228 g/mol. The minimum absolute atomic E-state index is 0.0498. The van der Waals surface area contributed by atoms with Crippen LogP contribution in [0.1, 0.15) is 30.0 Å². The van der Waals surface area contributed by atoms with Crippen molar-refractivity contribution in [1.29, 1.82) is 5.26 Å². The first kappa shape index (κ1) is 8.71. The van der Waals surface area contributed by atoms with E-state index in [1.54, 1.807) is 6.20 Å². The Morgan fingerprint density at radius 2 is 2.46 bits per heavy atom. The van der Waals surface area contributed by atoms with Crippen molar-refractivity contribution in [2.75, 3.05) is 0 Å². The fraction of sp³-hybridized carbons (Fsp3) is 0.400. The van der Waals surface area contributed by atoms with E-state index in [0.717, 1.165) is 35.0 Å². The number of pyridine rings is 1. The Hall–Kier alpha value is -0.880. The van der Waals surface area contributed by atoms with Crippen molar-refractivity contribution in [2.45, 2.75) is 25.2 Å². The zero-order valence-electron chi connectivity index (χ0n) is 7.13. The van der Waals surface area contributed by atoms with Crippen LogP contribution in [0.15, 0.2) is 16.7 Å². The molecule has 0 amide bonds. The molecule has 1 aliphatic rings. The molecule has 0 spiro atoms. The largest absolute Gasteiger partial charge is 0.260 e. The Morgan fingerprint density at radius 3 is 3.23 bits per heavy atom. The number of nitriles is 1. The molecule has 1 aliphatic carbocycles. The lowest BCUT2D eigenvalue weighted by molar-refractivity contribution is 0.622. The number of aromatic nitrogens is 1. The summed E-state index contributed by atoms with van der Waals surface area (Å²) in [5.74, 6) is 0.0498. The van der Waals surface area contributed by atoms with Gasteiger partial charge in [-0.1, -0.05) is 0 Å². The van der Waals surface area contributed by atoms with Gasteiger partial charge in [0.05, 0.1) is 12.0 Å². The first-order chi connectivity index (χ1) is 6.31. The molecule has 1 aromatic rings. The number of halogens is 1. The van der Waals surface area contributed by atoms with Crippen LogP contribution in [0.3, 0.4) is 0 Å². The maximum absolute atomic E-state index is 8.94. The number of hydrogen-bond acceptors (Lipinski definition) is 2. The van der Waals surface area contributed by atoms with Gasteiger partial charge in [0.1, 0.15) is 0 Å². The normalized spacial score (nSPS) is 20.5. The molecule has 3 heteroatoms. The standard InChI is InChI=1S/C10H9BrN2/c11-8-4-9-7(5-12)2-1-3-10(9)13-6-8/h4,6-7H,1-3H2. The second kappa shape index (κ2) is 3.47. The van der Waals surface area contributed by atoms with E-state index in [9.17, 15) is 0 Å². The van der Waals surface area contributed by atoms with E-state index >= 15 is 0 Å². The van der Waals surface area contributed by atoms with Gasteiger partial charge in [-0.2, -0.15) is 5.26 Å². The highest BCUT2D eigenvalue weighted by molar-refractivity contribution is 9.10. The van der Waals surface area contributed by atoms with Gasteiger partial charge in [-0.3, -0.25) is 4.98 Å². The van der Waals surface area contributed by atoms with Gasteiger partial charge in [-0.25, -0.2) is 0 Å². The quantitative estimate of drug-likeness (QED) is 0.695. The van der Waals surface area contributed by atoms with Crippen molar-refractivity contribution in [3.8, 4) is 6.07 Å². The molecule has 13 heavy (non-hydrogen) atoms. The van der Waals surface area contributed by atoms with E-state index in [2.05, 4.69) is 27.0 Å². The van der Waals surface area contributed by atoms with Crippen LogP contribution in [-0.2, 0) is 6.42 Å². The highest BCUT2D eigenvalue weighted by Gasteiger charge is 2.20. The lowest BCUT2D eigenvalue weighted by Crippen LogP contribution is -2.09. The monoisotopic (exact) mass is 236 g/mol. The number of nitrogens with zero attached hydrogens (tertiary/aromatic N) is 2. The molecular formula is C10H9BrN2. The smallest absolute Gasteiger partial charge is 0.0731 e. The summed E-state index contributed by atoms with van der Waals surface area (Å²) in [6.45, 7) is 0. The van der Waals surface area contributed by atoms with Gasteiger partial charge in [0.25, 0.3) is 0 Å². The molecule has 0 aromatic carbocycles. The van der Waals surface area contributed by atoms with Crippen LogP contribution in [0.2, 0.25) is 0 Å². The second-order valence-electron chi connectivity index (χ2n) is 3.26. The van der Waals surface area contributed by atoms with Gasteiger partial charge in [-0.05, 0) is 46.8 Å². The minimum Gasteiger partial charge on any atom is -0.260 e. The molecule has 0 fully saturated rings. The Labute approximate surface area is 85.7 Å². The molecule has 1 atom stereocenters. The Balaban J connectivity index is 2.49. The Morgan fingerprint density at radius 1 is 1.62 bits per heavy atom. The molecule has 0 aliphatic heterocycles. The molecule has 1 unspecified atom stereocenters. The number of aryl methyl sites for hydroxylation is 1. The highest BCUT2D eigenvalue weighted by atomic mass is 79.9. The Bertz CT molecular complexity index is 368. The summed E-state index contributed by atoms with van der Waals surface area (Å²) in [6.07, 6.45) is 4.88. The van der Waals surface area contributed by atoms with Gasteiger partial charge in [-0.15, -0.1) is 0 Å². The molecule has 0 saturated heterocycles. The van der Waals surface area contributed by atoms with Gasteiger partial charge in [0.15, 0.2) is 0 Å². The lowest BCUT2D eigenvalue weighted by Gasteiger charge is -2.18. The molecule has 0 radical (unpaired) electrons. The SMILES string of the molecule is N#CC1CCCc2ncc(Br)cc21. The van der Waals surface area contributed by atoms with Crippen LogP contribution in [0.5, 0.6) is 0 Å². The summed E-state index contributed by atoms with van der Waals surface area (Å²) in [7, 11) is 0. The van der Waals surface area contributed by atoms with Gasteiger partial charge in [0, 0.05) is 16.4 Å². The first-order valence-electron chi connectivity index (χ1n) is 4.35. The molecule has 0 bridgehead atoms. The van der Waals surface area contributed by atoms with Crippen LogP contribution < -0.4 is 0 Å². The zero-order chi connectivity index (χ0) is 9.26. The summed E-state index contributed by atoms with van der Waals surface area (Å²) in [5, 5.41) is 8.94. The van der Waals surface area contributed by atoms with Crippen LogP contribution >= 0.6 is 15.9 Å². The van der Waals surface area contributed by atoms with Crippen molar-refractivity contribution in [3.63, 3.8) is 0 Å². The number of hydrogen-bond donors (Lipinski definition) is 0. The van der Waals surface area contributed by atoms with E-state index in [0.29, 0.717) is 0 Å². The maximum Gasteiger partial charge on any atom is 0.0731 e. The summed E-state index contributed by atoms with van der Waals surface area (Å²) in [4.78, 5) is 4.32. The fourth-order valence-electron chi connectivity index (χ4n) is 1.76. The topological polar surface area (TPSA) is 36.7 Å². The van der Waals surface area contributed by atoms with Crippen LogP contribution in [-0.4, -0.2) is 4.98 Å². The first-order valence-corrected chi connectivity index (χ1v) is 5.14. The van der Waals surface area contributed by atoms with E-state index < -0.39 is 0 Å². The van der Waals surface area contributed by atoms with E-state index in [4.69, 9.17) is 5.26 Å². The minimum atomic E-state index is 0.0498. The van der Waals surface area contributed by atoms with Crippen molar-refractivity contribution in [3.05, 3.63) is 28.0 Å². The van der Waals surface area contributed by atoms with Crippen molar-refractivity contribution in [1.82, 2.24) is 4.98 Å². The molecule has 1 aromatic heterocycles. The average molecular weight is 237 g/mol. The van der Waals surface area contributed by atoms with E-state index in [1.807, 2.05) is 6.07 Å². The second-order valence-corrected chi connectivity index (χ2v) is 4.18. The third-order valence-corrected chi connectivity index (χ3v) is 2.84. The maximum atomic E-state index is 8.94. The summed E-state index contributed by atoms with van der Waals surface area (Å²) < 4.78 is 0.966. The van der Waals surface area contributed by atoms with Crippen LogP contribution in [0.4, 0.5) is 0 Å². The lowest BCUT2D eigenvalue weighted by atomic mass is 9.87. The third-order valence-electron chi connectivity index (χ3n) is 2.41. The summed E-state index contributed by atoms with van der Waals surface area (Å²) in [6, 6.07) is 4.35. The van der Waals surface area contributed by atoms with Crippen molar-refractivity contribution < 1.29 is 0 Å². The van der Waals surface area contributed by atoms with Gasteiger partial charge in [0.2, 0.25) is 0 Å². The predicted molar refractivity (Wildman–Crippen MR) is 53.2 cm³/mol. The van der Waals surface area contributed by atoms with Gasteiger partial charge >= 0.3 is 0 Å². The molecule has 66 valence electrons. The molecule has 1 heterocycles. The van der Waals surface area contributed by atoms with E-state index in [1.165, 1.54) is 0 Å².